The molecule has 1 saturated carbocycles. The summed E-state index contributed by atoms with van der Waals surface area (Å²) in [5, 5.41) is 3.66. The molecule has 2 aliphatic rings. The highest BCUT2D eigenvalue weighted by Crippen LogP contribution is 2.21. The molecule has 0 aromatic carbocycles. The van der Waals surface area contributed by atoms with Crippen LogP contribution in [0.2, 0.25) is 0 Å². The monoisotopic (exact) mass is 220 g/mol. The number of hydrogen-bond donors (Lipinski definition) is 1. The van der Waals surface area contributed by atoms with Gasteiger partial charge in [-0.05, 0) is 57.7 Å². The van der Waals surface area contributed by atoms with Crippen molar-refractivity contribution in [3.8, 4) is 12.3 Å². The molecule has 0 spiro atoms. The average Bonchev–Trinajstić information content (AvgIpc) is 3.11. The molecular weight excluding hydrogens is 196 g/mol. The number of unbranched alkanes of at least 4 members (excludes halogenated alkanes) is 1. The summed E-state index contributed by atoms with van der Waals surface area (Å²) in [5.41, 5.74) is 0. The number of hydrogen-bond acceptors (Lipinski definition) is 2. The van der Waals surface area contributed by atoms with Crippen LogP contribution in [0.5, 0.6) is 0 Å². The largest absolute Gasteiger partial charge is 0.314 e. The Morgan fingerprint density at radius 1 is 1.31 bits per heavy atom. The predicted molar refractivity (Wildman–Crippen MR) is 68.3 cm³/mol. The van der Waals surface area contributed by atoms with Gasteiger partial charge in [0.25, 0.3) is 0 Å². The van der Waals surface area contributed by atoms with Crippen molar-refractivity contribution < 1.29 is 0 Å². The second kappa shape index (κ2) is 6.27. The van der Waals surface area contributed by atoms with Crippen molar-refractivity contribution in [1.82, 2.24) is 10.2 Å². The minimum atomic E-state index is 0.858. The summed E-state index contributed by atoms with van der Waals surface area (Å²) in [6.07, 6.45) is 13.0. The topological polar surface area (TPSA) is 15.3 Å². The van der Waals surface area contributed by atoms with Crippen LogP contribution >= 0.6 is 0 Å². The van der Waals surface area contributed by atoms with Gasteiger partial charge in [-0.2, -0.15) is 0 Å². The number of nitrogens with zero attached hydrogens (tertiary/aromatic N) is 1. The van der Waals surface area contributed by atoms with E-state index in [9.17, 15) is 0 Å². The van der Waals surface area contributed by atoms with Gasteiger partial charge in [-0.25, -0.2) is 0 Å². The van der Waals surface area contributed by atoms with Crippen LogP contribution in [-0.4, -0.2) is 37.1 Å². The van der Waals surface area contributed by atoms with Crippen molar-refractivity contribution >= 4 is 0 Å². The molecule has 1 aliphatic heterocycles. The zero-order valence-electron chi connectivity index (χ0n) is 10.3. The van der Waals surface area contributed by atoms with Crippen molar-refractivity contribution in [2.45, 2.75) is 44.6 Å². The van der Waals surface area contributed by atoms with Gasteiger partial charge < -0.3 is 10.2 Å². The van der Waals surface area contributed by atoms with E-state index >= 15 is 0 Å². The molecule has 0 amide bonds. The van der Waals surface area contributed by atoms with Gasteiger partial charge in [0.2, 0.25) is 0 Å². The number of rotatable bonds is 6. The first-order valence-corrected chi connectivity index (χ1v) is 6.77. The van der Waals surface area contributed by atoms with E-state index in [1.807, 2.05) is 0 Å². The third-order valence-electron chi connectivity index (χ3n) is 3.67. The van der Waals surface area contributed by atoms with Gasteiger partial charge in [-0.1, -0.05) is 0 Å². The molecule has 2 fully saturated rings. The maximum absolute atomic E-state index is 5.28. The molecule has 0 bridgehead atoms. The molecule has 0 radical (unpaired) electrons. The first-order valence-electron chi connectivity index (χ1n) is 6.77. The van der Waals surface area contributed by atoms with Gasteiger partial charge in [0.1, 0.15) is 0 Å². The Labute approximate surface area is 99.8 Å². The molecule has 1 saturated heterocycles. The van der Waals surface area contributed by atoms with Gasteiger partial charge in [0.15, 0.2) is 0 Å². The molecule has 1 aliphatic carbocycles. The third kappa shape index (κ3) is 4.15. The normalized spacial score (nSPS) is 26.6. The van der Waals surface area contributed by atoms with E-state index in [2.05, 4.69) is 16.1 Å². The van der Waals surface area contributed by atoms with Crippen LogP contribution in [0.1, 0.15) is 38.5 Å². The summed E-state index contributed by atoms with van der Waals surface area (Å²) < 4.78 is 0. The lowest BCUT2D eigenvalue weighted by molar-refractivity contribution is 0.171. The standard InChI is InChI=1S/C14H24N2/c1-2-3-4-9-16-10-5-6-13(12-16)11-15-14-7-8-14/h1,13-15H,3-12H2. The van der Waals surface area contributed by atoms with Crippen molar-refractivity contribution in [1.29, 1.82) is 0 Å². The molecule has 1 atom stereocenters. The van der Waals surface area contributed by atoms with Crippen LogP contribution in [0.4, 0.5) is 0 Å². The highest BCUT2D eigenvalue weighted by atomic mass is 15.1. The quantitative estimate of drug-likeness (QED) is 0.543. The molecule has 90 valence electrons. The van der Waals surface area contributed by atoms with Crippen LogP contribution < -0.4 is 5.32 Å². The third-order valence-corrected chi connectivity index (χ3v) is 3.67. The Morgan fingerprint density at radius 2 is 2.19 bits per heavy atom. The van der Waals surface area contributed by atoms with E-state index < -0.39 is 0 Å². The highest BCUT2D eigenvalue weighted by molar-refractivity contribution is 4.85. The van der Waals surface area contributed by atoms with Gasteiger partial charge in [0, 0.05) is 19.0 Å². The minimum Gasteiger partial charge on any atom is -0.314 e. The number of nitrogens with one attached hydrogen (secondary N) is 1. The maximum Gasteiger partial charge on any atom is 0.00982 e. The van der Waals surface area contributed by atoms with Crippen LogP contribution in [0.3, 0.4) is 0 Å². The summed E-state index contributed by atoms with van der Waals surface area (Å²) in [6.45, 7) is 5.00. The second-order valence-electron chi connectivity index (χ2n) is 5.30. The van der Waals surface area contributed by atoms with E-state index in [1.165, 1.54) is 58.3 Å². The van der Waals surface area contributed by atoms with Gasteiger partial charge >= 0.3 is 0 Å². The minimum absolute atomic E-state index is 0.858. The Hall–Kier alpha value is -0.520. The highest BCUT2D eigenvalue weighted by Gasteiger charge is 2.24. The Morgan fingerprint density at radius 3 is 2.94 bits per heavy atom. The first kappa shape index (κ1) is 12.0. The lowest BCUT2D eigenvalue weighted by Crippen LogP contribution is -2.40. The molecule has 2 nitrogen and oxygen atoms in total. The van der Waals surface area contributed by atoms with Crippen molar-refractivity contribution in [2.24, 2.45) is 5.92 Å². The summed E-state index contributed by atoms with van der Waals surface area (Å²) in [4.78, 5) is 2.60. The van der Waals surface area contributed by atoms with E-state index in [-0.39, 0.29) is 0 Å². The number of likely N-dealkylation sites (tertiary alicyclic amines) is 1. The molecule has 1 unspecified atom stereocenters. The van der Waals surface area contributed by atoms with E-state index in [0.29, 0.717) is 0 Å². The molecule has 1 N–H and O–H groups in total. The fraction of sp³-hybridized carbons (Fsp3) is 0.857. The van der Waals surface area contributed by atoms with Crippen molar-refractivity contribution in [3.05, 3.63) is 0 Å². The summed E-state index contributed by atoms with van der Waals surface area (Å²) >= 11 is 0. The lowest BCUT2D eigenvalue weighted by Gasteiger charge is -2.32. The zero-order chi connectivity index (χ0) is 11.2. The average molecular weight is 220 g/mol. The fourth-order valence-electron chi connectivity index (χ4n) is 2.55. The Kier molecular flexibility index (Phi) is 4.69. The molecule has 2 heteroatoms. The summed E-state index contributed by atoms with van der Waals surface area (Å²) in [7, 11) is 0. The lowest BCUT2D eigenvalue weighted by atomic mass is 9.97. The molecule has 0 aromatic heterocycles. The van der Waals surface area contributed by atoms with Crippen LogP contribution in [-0.2, 0) is 0 Å². The SMILES string of the molecule is C#CCCCN1CCCC(CNC2CC2)C1. The molecule has 1 heterocycles. The fourth-order valence-corrected chi connectivity index (χ4v) is 2.55. The van der Waals surface area contributed by atoms with E-state index in [4.69, 9.17) is 6.42 Å². The maximum atomic E-state index is 5.28. The number of terminal acetylenes is 1. The molecule has 2 rings (SSSR count). The van der Waals surface area contributed by atoms with Gasteiger partial charge in [-0.3, -0.25) is 0 Å². The molecule has 0 aromatic rings. The summed E-state index contributed by atoms with van der Waals surface area (Å²) in [6, 6.07) is 0.858. The van der Waals surface area contributed by atoms with Crippen molar-refractivity contribution in [3.63, 3.8) is 0 Å². The van der Waals surface area contributed by atoms with Gasteiger partial charge in [0.05, 0.1) is 0 Å². The Balaban J connectivity index is 1.60. The van der Waals surface area contributed by atoms with Crippen LogP contribution in [0.25, 0.3) is 0 Å². The van der Waals surface area contributed by atoms with Crippen molar-refractivity contribution in [2.75, 3.05) is 26.2 Å². The summed E-state index contributed by atoms with van der Waals surface area (Å²) in [5.74, 6) is 3.60. The van der Waals surface area contributed by atoms with E-state index in [0.717, 1.165) is 18.4 Å². The molecular formula is C14H24N2. The van der Waals surface area contributed by atoms with Crippen LogP contribution in [0, 0.1) is 18.3 Å². The first-order chi connectivity index (χ1) is 7.88. The smallest absolute Gasteiger partial charge is 0.00982 e. The second-order valence-corrected chi connectivity index (χ2v) is 5.30. The predicted octanol–water partition coefficient (Wildman–Crippen LogP) is 1.86. The Bertz CT molecular complexity index is 240. The molecule has 16 heavy (non-hydrogen) atoms. The van der Waals surface area contributed by atoms with Crippen LogP contribution in [0.15, 0.2) is 0 Å². The van der Waals surface area contributed by atoms with E-state index in [1.54, 1.807) is 0 Å². The zero-order valence-corrected chi connectivity index (χ0v) is 10.3. The number of piperidine rings is 1. The van der Waals surface area contributed by atoms with Gasteiger partial charge in [-0.15, -0.1) is 12.3 Å².